The smallest absolute Gasteiger partial charge is 0.166 e. The summed E-state index contributed by atoms with van der Waals surface area (Å²) >= 11 is 0. The summed E-state index contributed by atoms with van der Waals surface area (Å²) in [6.07, 6.45) is 8.26. The van der Waals surface area contributed by atoms with Gasteiger partial charge in [-0.2, -0.15) is 0 Å². The molecule has 0 saturated carbocycles. The van der Waals surface area contributed by atoms with E-state index in [2.05, 4.69) is 34.8 Å². The van der Waals surface area contributed by atoms with Crippen LogP contribution in [0.3, 0.4) is 0 Å². The van der Waals surface area contributed by atoms with Crippen molar-refractivity contribution in [2.45, 2.75) is 18.9 Å². The van der Waals surface area contributed by atoms with E-state index in [4.69, 9.17) is 9.47 Å². The molecule has 2 aliphatic heterocycles. The number of nitrogens with zero attached hydrogens (tertiary/aromatic N) is 5. The van der Waals surface area contributed by atoms with Crippen molar-refractivity contribution in [1.29, 1.82) is 0 Å². The highest BCUT2D eigenvalue weighted by Crippen LogP contribution is 2.56. The van der Waals surface area contributed by atoms with Crippen molar-refractivity contribution < 1.29 is 24.2 Å². The lowest BCUT2D eigenvalue weighted by Gasteiger charge is -2.46. The molecule has 3 aliphatic rings. The number of methoxy groups -OCH3 is 2. The molecule has 5 rings (SSSR count). The van der Waals surface area contributed by atoms with Crippen LogP contribution in [0.25, 0.3) is 11.1 Å². The van der Waals surface area contributed by atoms with Gasteiger partial charge in [-0.3, -0.25) is 0 Å². The van der Waals surface area contributed by atoms with Gasteiger partial charge in [-0.15, -0.1) is 10.2 Å². The van der Waals surface area contributed by atoms with E-state index in [1.807, 2.05) is 12.1 Å². The number of aromatic hydroxyl groups is 2. The Bertz CT molecular complexity index is 1130. The lowest BCUT2D eigenvalue weighted by atomic mass is 9.75. The Kier molecular flexibility index (Phi) is 6.15. The lowest BCUT2D eigenvalue weighted by molar-refractivity contribution is -0.923. The Hall–Kier alpha value is -3.72. The highest BCUT2D eigenvalue weighted by atomic mass is 16.5. The highest BCUT2D eigenvalue weighted by Gasteiger charge is 2.44. The van der Waals surface area contributed by atoms with E-state index in [1.165, 1.54) is 25.1 Å². The summed E-state index contributed by atoms with van der Waals surface area (Å²) in [6, 6.07) is 5.98. The van der Waals surface area contributed by atoms with Gasteiger partial charge in [-0.05, 0) is 45.9 Å². The molecule has 33 heavy (non-hydrogen) atoms. The van der Waals surface area contributed by atoms with Crippen molar-refractivity contribution in [3.05, 3.63) is 59.4 Å². The van der Waals surface area contributed by atoms with Gasteiger partial charge in [0.1, 0.15) is 6.04 Å². The fourth-order valence-corrected chi connectivity index (χ4v) is 4.69. The van der Waals surface area contributed by atoms with Crippen molar-refractivity contribution in [2.75, 3.05) is 34.9 Å². The second kappa shape index (κ2) is 9.03. The van der Waals surface area contributed by atoms with Crippen LogP contribution in [0.4, 0.5) is 0 Å². The predicted octanol–water partition coefficient (Wildman–Crippen LogP) is 4.86. The van der Waals surface area contributed by atoms with Crippen LogP contribution >= 0.6 is 0 Å². The number of ether oxygens (including phenoxy) is 2. The molecule has 2 aromatic carbocycles. The number of benzene rings is 2. The molecule has 0 aromatic heterocycles. The Morgan fingerprint density at radius 2 is 1.52 bits per heavy atom. The largest absolute Gasteiger partial charge is 0.504 e. The van der Waals surface area contributed by atoms with Gasteiger partial charge in [0, 0.05) is 29.5 Å². The molecule has 172 valence electrons. The van der Waals surface area contributed by atoms with Gasteiger partial charge in [0.05, 0.1) is 47.3 Å². The number of hydrogen-bond acceptors (Lipinski definition) is 8. The summed E-state index contributed by atoms with van der Waals surface area (Å²) in [7, 11) is 7.55. The predicted molar refractivity (Wildman–Crippen MR) is 123 cm³/mol. The van der Waals surface area contributed by atoms with Crippen LogP contribution in [0.1, 0.15) is 22.7 Å². The summed E-state index contributed by atoms with van der Waals surface area (Å²) in [5, 5.41) is 35.2. The number of allylic oxidation sites excluding steroid dienone is 2. The molecule has 0 fully saturated rings. The third kappa shape index (κ3) is 4.07. The Balaban J connectivity index is 0.000000275. The molecule has 0 saturated heterocycles. The summed E-state index contributed by atoms with van der Waals surface area (Å²) < 4.78 is 11.6. The monoisotopic (exact) mass is 450 g/mol. The molecule has 1 atom stereocenters. The number of likely N-dealkylation sites (N-methyl/N-ethyl adjacent to an activating group) is 1. The zero-order chi connectivity index (χ0) is 23.6. The van der Waals surface area contributed by atoms with Crippen LogP contribution < -0.4 is 9.47 Å². The quantitative estimate of drug-likeness (QED) is 0.637. The number of phenols is 2. The van der Waals surface area contributed by atoms with E-state index < -0.39 is 0 Å². The zero-order valence-corrected chi connectivity index (χ0v) is 19.2. The molecular formula is C24H28N5O4+. The van der Waals surface area contributed by atoms with E-state index in [1.54, 1.807) is 25.3 Å². The van der Waals surface area contributed by atoms with Gasteiger partial charge < -0.3 is 24.2 Å². The van der Waals surface area contributed by atoms with Crippen LogP contribution in [0.15, 0.2) is 63.4 Å². The van der Waals surface area contributed by atoms with Gasteiger partial charge >= 0.3 is 0 Å². The molecule has 2 heterocycles. The van der Waals surface area contributed by atoms with Crippen LogP contribution in [-0.2, 0) is 12.8 Å². The third-order valence-corrected chi connectivity index (χ3v) is 6.42. The van der Waals surface area contributed by atoms with Crippen LogP contribution in [-0.4, -0.2) is 49.6 Å². The molecule has 9 heteroatoms. The summed E-state index contributed by atoms with van der Waals surface area (Å²) in [4.78, 5) is 0. The van der Waals surface area contributed by atoms with Crippen molar-refractivity contribution in [1.82, 2.24) is 0 Å². The second-order valence-corrected chi connectivity index (χ2v) is 8.59. The lowest BCUT2D eigenvalue weighted by Crippen LogP contribution is -2.49. The van der Waals surface area contributed by atoms with Gasteiger partial charge in [0.15, 0.2) is 23.0 Å². The fraction of sp³-hybridized carbons (Fsp3) is 0.333. The first-order valence-electron chi connectivity index (χ1n) is 10.6. The van der Waals surface area contributed by atoms with E-state index in [0.717, 1.165) is 35.0 Å². The van der Waals surface area contributed by atoms with Gasteiger partial charge in [-0.25, -0.2) is 0 Å². The normalized spacial score (nSPS) is 18.8. The molecule has 1 aliphatic carbocycles. The minimum atomic E-state index is 0.0834. The highest BCUT2D eigenvalue weighted by molar-refractivity contribution is 5.87. The first kappa shape index (κ1) is 22.5. The SMILES string of the molecule is C1=CN=NN=NC=C1.COc1ccc2c(c1O)-c1c(O)c(OC)cc3c1[C@H](C2)[N+](C)(C)CC3. The van der Waals surface area contributed by atoms with Gasteiger partial charge in [0.25, 0.3) is 0 Å². The summed E-state index contributed by atoms with van der Waals surface area (Å²) in [5.41, 5.74) is 4.72. The molecule has 0 radical (unpaired) electrons. The van der Waals surface area contributed by atoms with Gasteiger partial charge in [-0.1, -0.05) is 6.07 Å². The molecule has 9 nitrogen and oxygen atoms in total. The van der Waals surface area contributed by atoms with Crippen LogP contribution in [0, 0.1) is 0 Å². The fourth-order valence-electron chi connectivity index (χ4n) is 4.69. The average molecular weight is 451 g/mol. The molecule has 0 spiro atoms. The Labute approximate surface area is 192 Å². The molecular weight excluding hydrogens is 422 g/mol. The molecule has 0 amide bonds. The maximum absolute atomic E-state index is 10.9. The van der Waals surface area contributed by atoms with E-state index in [9.17, 15) is 10.2 Å². The second-order valence-electron chi connectivity index (χ2n) is 8.59. The minimum Gasteiger partial charge on any atom is -0.504 e. The van der Waals surface area contributed by atoms with E-state index in [-0.39, 0.29) is 17.5 Å². The summed E-state index contributed by atoms with van der Waals surface area (Å²) in [6.45, 7) is 1.03. The van der Waals surface area contributed by atoms with Crippen molar-refractivity contribution >= 4 is 0 Å². The third-order valence-electron chi connectivity index (χ3n) is 6.42. The first-order chi connectivity index (χ1) is 15.9. The standard InChI is InChI=1S/C20H23NO4.C4H4N4/c1-21(2)8-7-12-10-15(25-4)20(23)18-16(12)13(21)9-11-5-6-14(24-3)19(22)17(11)18;1-2-4-6-8-7-5-3-1/h5-6,10,13H,7-9H2,1-4H3,(H-,22,23);1-4H/p+1/t13-;/m0./s1. The number of rotatable bonds is 2. The van der Waals surface area contributed by atoms with Crippen LogP contribution in [0.5, 0.6) is 23.0 Å². The topological polar surface area (TPSA) is 108 Å². The molecule has 0 bridgehead atoms. The first-order valence-corrected chi connectivity index (χ1v) is 10.6. The zero-order valence-electron chi connectivity index (χ0n) is 19.2. The number of phenolic OH excluding ortho intramolecular Hbond substituents is 2. The maximum atomic E-state index is 10.9. The maximum Gasteiger partial charge on any atom is 0.166 e. The van der Waals surface area contributed by atoms with Gasteiger partial charge in [0.2, 0.25) is 0 Å². The average Bonchev–Trinajstić information content (AvgIpc) is 2.77. The van der Waals surface area contributed by atoms with Crippen molar-refractivity contribution in [3.63, 3.8) is 0 Å². The molecule has 0 unspecified atom stereocenters. The Morgan fingerprint density at radius 1 is 0.879 bits per heavy atom. The number of hydrogen-bond donors (Lipinski definition) is 2. The summed E-state index contributed by atoms with van der Waals surface area (Å²) in [5.74, 6) is 1.05. The van der Waals surface area contributed by atoms with Crippen LogP contribution in [0.2, 0.25) is 0 Å². The number of quaternary nitrogens is 1. The molecule has 2 N–H and O–H groups in total. The van der Waals surface area contributed by atoms with Crippen molar-refractivity contribution in [2.24, 2.45) is 20.7 Å². The number of fused-ring (bicyclic) bond motifs is 2. The Morgan fingerprint density at radius 3 is 2.15 bits per heavy atom. The van der Waals surface area contributed by atoms with E-state index in [0.29, 0.717) is 22.6 Å². The van der Waals surface area contributed by atoms with E-state index >= 15 is 0 Å². The van der Waals surface area contributed by atoms with Crippen molar-refractivity contribution in [3.8, 4) is 34.1 Å². The minimum absolute atomic E-state index is 0.0834. The molecule has 2 aromatic rings.